The molecule has 1 aliphatic rings. The van der Waals surface area contributed by atoms with Crippen LogP contribution in [0.25, 0.3) is 0 Å². The topological polar surface area (TPSA) is 84.9 Å². The Balaban J connectivity index is 1.66. The lowest BCUT2D eigenvalue weighted by Crippen LogP contribution is -2.38. The summed E-state index contributed by atoms with van der Waals surface area (Å²) < 4.78 is 23.4. The van der Waals surface area contributed by atoms with Crippen LogP contribution in [-0.4, -0.2) is 50.1 Å². The third-order valence-corrected chi connectivity index (χ3v) is 5.41. The van der Waals surface area contributed by atoms with Gasteiger partial charge in [0, 0.05) is 18.0 Å². The summed E-state index contributed by atoms with van der Waals surface area (Å²) >= 11 is 0. The van der Waals surface area contributed by atoms with Crippen LogP contribution in [0.2, 0.25) is 0 Å². The number of methoxy groups -OCH3 is 2. The quantitative estimate of drug-likeness (QED) is 0.711. The molecule has 1 saturated heterocycles. The highest BCUT2D eigenvalue weighted by molar-refractivity contribution is 6.04. The molecule has 2 aromatic carbocycles. The second-order valence-electron chi connectivity index (χ2n) is 7.37. The summed E-state index contributed by atoms with van der Waals surface area (Å²) in [7, 11) is 2.50. The number of carbonyl (C=O) groups is 3. The molecule has 0 atom stereocenters. The van der Waals surface area contributed by atoms with E-state index in [0.29, 0.717) is 38.0 Å². The van der Waals surface area contributed by atoms with Crippen molar-refractivity contribution in [2.75, 3.05) is 32.6 Å². The van der Waals surface area contributed by atoms with E-state index in [4.69, 9.17) is 9.47 Å². The molecule has 8 heteroatoms. The van der Waals surface area contributed by atoms with Crippen molar-refractivity contribution in [2.24, 2.45) is 5.92 Å². The van der Waals surface area contributed by atoms with E-state index in [1.54, 1.807) is 18.2 Å². The Morgan fingerprint density at radius 2 is 1.71 bits per heavy atom. The van der Waals surface area contributed by atoms with E-state index in [1.807, 2.05) is 0 Å². The van der Waals surface area contributed by atoms with Gasteiger partial charge in [-0.3, -0.25) is 9.69 Å². The number of benzene rings is 2. The summed E-state index contributed by atoms with van der Waals surface area (Å²) in [6.45, 7) is 1.80. The molecular formula is C23H25FN2O5. The number of amides is 1. The van der Waals surface area contributed by atoms with E-state index in [1.165, 1.54) is 38.5 Å². The van der Waals surface area contributed by atoms with Crippen molar-refractivity contribution in [2.45, 2.75) is 19.4 Å². The number of piperidine rings is 1. The van der Waals surface area contributed by atoms with Gasteiger partial charge >= 0.3 is 11.9 Å². The summed E-state index contributed by atoms with van der Waals surface area (Å²) in [6, 6.07) is 10.9. The standard InChI is InChI=1S/C23H25FN2O5/c1-30-22(28)16-7-8-18(23(29)31-2)20(13-16)25-21(27)15-9-11-26(12-10-15)14-17-5-3-4-6-19(17)24/h3-8,13,15H,9-12,14H2,1-2H3,(H,25,27). The summed E-state index contributed by atoms with van der Waals surface area (Å²) in [5.41, 5.74) is 1.20. The fourth-order valence-corrected chi connectivity index (χ4v) is 3.64. The zero-order chi connectivity index (χ0) is 22.4. The molecule has 0 radical (unpaired) electrons. The average molecular weight is 428 g/mol. The summed E-state index contributed by atoms with van der Waals surface area (Å²) in [5.74, 6) is -1.93. The summed E-state index contributed by atoms with van der Waals surface area (Å²) in [5, 5.41) is 2.76. The van der Waals surface area contributed by atoms with E-state index in [-0.39, 0.29) is 34.5 Å². The van der Waals surface area contributed by atoms with Gasteiger partial charge in [0.05, 0.1) is 31.0 Å². The van der Waals surface area contributed by atoms with Crippen molar-refractivity contribution in [3.8, 4) is 0 Å². The molecule has 31 heavy (non-hydrogen) atoms. The predicted molar refractivity (Wildman–Crippen MR) is 112 cm³/mol. The minimum Gasteiger partial charge on any atom is -0.465 e. The Morgan fingerprint density at radius 3 is 2.35 bits per heavy atom. The predicted octanol–water partition coefficient (Wildman–Crippen LogP) is 3.25. The van der Waals surface area contributed by atoms with E-state index in [2.05, 4.69) is 10.2 Å². The molecule has 0 spiro atoms. The number of hydrogen-bond donors (Lipinski definition) is 1. The van der Waals surface area contributed by atoms with Gasteiger partial charge in [-0.15, -0.1) is 0 Å². The zero-order valence-corrected chi connectivity index (χ0v) is 17.5. The highest BCUT2D eigenvalue weighted by atomic mass is 19.1. The maximum absolute atomic E-state index is 13.9. The van der Waals surface area contributed by atoms with Gasteiger partial charge in [-0.2, -0.15) is 0 Å². The normalized spacial score (nSPS) is 14.7. The molecule has 1 N–H and O–H groups in total. The average Bonchev–Trinajstić information content (AvgIpc) is 2.80. The zero-order valence-electron chi connectivity index (χ0n) is 17.5. The van der Waals surface area contributed by atoms with Crippen LogP contribution in [0.5, 0.6) is 0 Å². The van der Waals surface area contributed by atoms with E-state index in [9.17, 15) is 18.8 Å². The molecule has 0 bridgehead atoms. The van der Waals surface area contributed by atoms with E-state index < -0.39 is 11.9 Å². The molecule has 1 heterocycles. The number of carbonyl (C=O) groups excluding carboxylic acids is 3. The first-order chi connectivity index (χ1) is 14.9. The monoisotopic (exact) mass is 428 g/mol. The number of ether oxygens (including phenoxy) is 2. The van der Waals surface area contributed by atoms with Gasteiger partial charge < -0.3 is 14.8 Å². The lowest BCUT2D eigenvalue weighted by atomic mass is 9.95. The highest BCUT2D eigenvalue weighted by Crippen LogP contribution is 2.24. The molecule has 0 saturated carbocycles. The smallest absolute Gasteiger partial charge is 0.339 e. The molecule has 0 aliphatic carbocycles. The van der Waals surface area contributed by atoms with Crippen molar-refractivity contribution in [1.29, 1.82) is 0 Å². The Bertz CT molecular complexity index is 970. The third kappa shape index (κ3) is 5.46. The molecule has 7 nitrogen and oxygen atoms in total. The molecular weight excluding hydrogens is 403 g/mol. The van der Waals surface area contributed by atoms with Crippen LogP contribution in [0.3, 0.4) is 0 Å². The minimum atomic E-state index is -0.619. The molecule has 2 aromatic rings. The van der Waals surface area contributed by atoms with Gasteiger partial charge in [-0.25, -0.2) is 14.0 Å². The molecule has 1 amide bonds. The summed E-state index contributed by atoms with van der Waals surface area (Å²) in [4.78, 5) is 38.8. The Labute approximate surface area is 180 Å². The molecule has 164 valence electrons. The summed E-state index contributed by atoms with van der Waals surface area (Å²) in [6.07, 6.45) is 1.20. The first-order valence-corrected chi connectivity index (χ1v) is 10.00. The van der Waals surface area contributed by atoms with Crippen LogP contribution in [0, 0.1) is 11.7 Å². The number of esters is 2. The number of hydrogen-bond acceptors (Lipinski definition) is 6. The van der Waals surface area contributed by atoms with Crippen LogP contribution in [0.1, 0.15) is 39.1 Å². The van der Waals surface area contributed by atoms with Gasteiger partial charge in [-0.1, -0.05) is 18.2 Å². The van der Waals surface area contributed by atoms with Crippen LogP contribution < -0.4 is 5.32 Å². The maximum Gasteiger partial charge on any atom is 0.339 e. The maximum atomic E-state index is 13.9. The minimum absolute atomic E-state index is 0.153. The Kier molecular flexibility index (Phi) is 7.36. The van der Waals surface area contributed by atoms with Gasteiger partial charge in [0.2, 0.25) is 5.91 Å². The highest BCUT2D eigenvalue weighted by Gasteiger charge is 2.27. The van der Waals surface area contributed by atoms with Crippen molar-refractivity contribution in [1.82, 2.24) is 4.90 Å². The van der Waals surface area contributed by atoms with Crippen molar-refractivity contribution >= 4 is 23.5 Å². The number of anilines is 1. The Morgan fingerprint density at radius 1 is 1.03 bits per heavy atom. The number of rotatable bonds is 6. The first-order valence-electron chi connectivity index (χ1n) is 10.00. The largest absolute Gasteiger partial charge is 0.465 e. The number of nitrogens with one attached hydrogen (secondary N) is 1. The molecule has 0 unspecified atom stereocenters. The number of likely N-dealkylation sites (tertiary alicyclic amines) is 1. The molecule has 0 aromatic heterocycles. The molecule has 3 rings (SSSR count). The van der Waals surface area contributed by atoms with Crippen molar-refractivity contribution in [3.05, 3.63) is 65.0 Å². The van der Waals surface area contributed by atoms with E-state index in [0.717, 1.165) is 0 Å². The van der Waals surface area contributed by atoms with Gasteiger partial charge in [0.15, 0.2) is 0 Å². The second kappa shape index (κ2) is 10.2. The fraction of sp³-hybridized carbons (Fsp3) is 0.348. The third-order valence-electron chi connectivity index (χ3n) is 5.41. The van der Waals surface area contributed by atoms with Gasteiger partial charge in [0.25, 0.3) is 0 Å². The molecule has 1 fully saturated rings. The van der Waals surface area contributed by atoms with Crippen molar-refractivity contribution in [3.63, 3.8) is 0 Å². The lowest BCUT2D eigenvalue weighted by molar-refractivity contribution is -0.121. The van der Waals surface area contributed by atoms with Crippen LogP contribution >= 0.6 is 0 Å². The fourth-order valence-electron chi connectivity index (χ4n) is 3.64. The number of nitrogens with zero attached hydrogens (tertiary/aromatic N) is 1. The van der Waals surface area contributed by atoms with E-state index >= 15 is 0 Å². The second-order valence-corrected chi connectivity index (χ2v) is 7.37. The number of halogens is 1. The van der Waals surface area contributed by atoms with Crippen molar-refractivity contribution < 1.29 is 28.2 Å². The lowest BCUT2D eigenvalue weighted by Gasteiger charge is -2.31. The van der Waals surface area contributed by atoms with Crippen LogP contribution in [0.15, 0.2) is 42.5 Å². The SMILES string of the molecule is COC(=O)c1ccc(C(=O)OC)c(NC(=O)C2CCN(Cc3ccccc3F)CC2)c1. The van der Waals surface area contributed by atoms with Gasteiger partial charge in [-0.05, 0) is 50.2 Å². The molecule has 1 aliphatic heterocycles. The van der Waals surface area contributed by atoms with Gasteiger partial charge in [0.1, 0.15) is 5.82 Å². The van der Waals surface area contributed by atoms with Crippen LogP contribution in [0.4, 0.5) is 10.1 Å². The Hall–Kier alpha value is -3.26. The van der Waals surface area contributed by atoms with Crippen LogP contribution in [-0.2, 0) is 20.8 Å². The first kappa shape index (κ1) is 22.4.